The molecule has 0 amide bonds. The molecule has 0 aromatic rings. The molecule has 2 rings (SSSR count). The van der Waals surface area contributed by atoms with E-state index in [1.54, 1.807) is 6.92 Å². The molecule has 74 valence electrons. The van der Waals surface area contributed by atoms with Crippen LogP contribution in [0, 0.1) is 17.8 Å². The van der Waals surface area contributed by atoms with E-state index in [9.17, 15) is 13.6 Å². The van der Waals surface area contributed by atoms with Crippen LogP contribution in [0.15, 0.2) is 0 Å². The molecule has 2 fully saturated rings. The minimum Gasteiger partial charge on any atom is -0.300 e. The molecule has 0 spiro atoms. The maximum Gasteiger partial charge on any atom is 0.248 e. The highest BCUT2D eigenvalue weighted by atomic mass is 19.3. The second-order valence-electron chi connectivity index (χ2n) is 4.56. The second-order valence-corrected chi connectivity index (χ2v) is 4.56. The van der Waals surface area contributed by atoms with Crippen LogP contribution in [0.3, 0.4) is 0 Å². The molecule has 13 heavy (non-hydrogen) atoms. The summed E-state index contributed by atoms with van der Waals surface area (Å²) in [6, 6.07) is 0. The summed E-state index contributed by atoms with van der Waals surface area (Å²) in [5.41, 5.74) is 0. The van der Waals surface area contributed by atoms with E-state index >= 15 is 0 Å². The van der Waals surface area contributed by atoms with Crippen LogP contribution in [0.4, 0.5) is 8.78 Å². The van der Waals surface area contributed by atoms with Crippen LogP contribution in [0.2, 0.25) is 0 Å². The second kappa shape index (κ2) is 2.76. The van der Waals surface area contributed by atoms with E-state index in [-0.39, 0.29) is 36.4 Å². The number of Topliss-reactive ketones (excluding diaryl/α,β-unsaturated/α-hetero) is 1. The minimum absolute atomic E-state index is 0.0153. The third kappa shape index (κ3) is 1.61. The first kappa shape index (κ1) is 9.10. The summed E-state index contributed by atoms with van der Waals surface area (Å²) in [5.74, 6) is -1.96. The summed E-state index contributed by atoms with van der Waals surface area (Å²) < 4.78 is 25.8. The Morgan fingerprint density at radius 1 is 1.23 bits per heavy atom. The molecule has 0 heterocycles. The van der Waals surface area contributed by atoms with Gasteiger partial charge in [-0.1, -0.05) is 0 Å². The number of rotatable bonds is 1. The number of carbonyl (C=O) groups is 1. The van der Waals surface area contributed by atoms with Crippen molar-refractivity contribution in [3.05, 3.63) is 0 Å². The Bertz CT molecular complexity index is 221. The zero-order valence-corrected chi connectivity index (χ0v) is 7.72. The van der Waals surface area contributed by atoms with Crippen molar-refractivity contribution in [3.63, 3.8) is 0 Å². The quantitative estimate of drug-likeness (QED) is 0.618. The van der Waals surface area contributed by atoms with E-state index in [1.807, 2.05) is 0 Å². The van der Waals surface area contributed by atoms with Crippen molar-refractivity contribution in [2.24, 2.45) is 17.8 Å². The molecule has 0 unspecified atom stereocenters. The summed E-state index contributed by atoms with van der Waals surface area (Å²) in [5, 5.41) is 0. The zero-order valence-electron chi connectivity index (χ0n) is 7.72. The fourth-order valence-corrected chi connectivity index (χ4v) is 2.89. The first-order chi connectivity index (χ1) is 5.98. The standard InChI is InChI=1S/C10H14F2O/c1-6(13)7-2-8-4-10(11,12)5-9(8)3-7/h7-9H,2-5H2,1H3/t7-,8+,9-. The molecular weight excluding hydrogens is 174 g/mol. The summed E-state index contributed by atoms with van der Waals surface area (Å²) in [4.78, 5) is 11.1. The van der Waals surface area contributed by atoms with Crippen molar-refractivity contribution < 1.29 is 13.6 Å². The van der Waals surface area contributed by atoms with E-state index in [1.165, 1.54) is 0 Å². The van der Waals surface area contributed by atoms with Crippen molar-refractivity contribution in [2.75, 3.05) is 0 Å². The highest BCUT2D eigenvalue weighted by Gasteiger charge is 2.51. The monoisotopic (exact) mass is 188 g/mol. The van der Waals surface area contributed by atoms with Gasteiger partial charge >= 0.3 is 0 Å². The van der Waals surface area contributed by atoms with Gasteiger partial charge in [0.15, 0.2) is 0 Å². The minimum atomic E-state index is -2.45. The smallest absolute Gasteiger partial charge is 0.248 e. The van der Waals surface area contributed by atoms with Gasteiger partial charge in [0.25, 0.3) is 0 Å². The average molecular weight is 188 g/mol. The summed E-state index contributed by atoms with van der Waals surface area (Å²) in [6.45, 7) is 1.57. The fraction of sp³-hybridized carbons (Fsp3) is 0.900. The predicted octanol–water partition coefficient (Wildman–Crippen LogP) is 2.65. The Kier molecular flexibility index (Phi) is 1.93. The van der Waals surface area contributed by atoms with Crippen LogP contribution in [0.25, 0.3) is 0 Å². The van der Waals surface area contributed by atoms with Gasteiger partial charge in [0.2, 0.25) is 5.92 Å². The third-order valence-electron chi connectivity index (χ3n) is 3.54. The van der Waals surface area contributed by atoms with Gasteiger partial charge in [-0.2, -0.15) is 0 Å². The van der Waals surface area contributed by atoms with Gasteiger partial charge in [0.05, 0.1) is 0 Å². The molecule has 2 aliphatic carbocycles. The SMILES string of the molecule is CC(=O)[C@H]1C[C@@H]2CC(F)(F)C[C@@H]2C1. The van der Waals surface area contributed by atoms with E-state index in [0.29, 0.717) is 12.8 Å². The van der Waals surface area contributed by atoms with E-state index in [4.69, 9.17) is 0 Å². The Balaban J connectivity index is 2.01. The fourth-order valence-electron chi connectivity index (χ4n) is 2.89. The van der Waals surface area contributed by atoms with Crippen LogP contribution in [0.1, 0.15) is 32.6 Å². The number of alkyl halides is 2. The molecular formula is C10H14F2O. The molecule has 0 aromatic carbocycles. The number of hydrogen-bond acceptors (Lipinski definition) is 1. The van der Waals surface area contributed by atoms with Gasteiger partial charge in [0.1, 0.15) is 5.78 Å². The number of carbonyl (C=O) groups excluding carboxylic acids is 1. The van der Waals surface area contributed by atoms with E-state index in [2.05, 4.69) is 0 Å². The molecule has 2 saturated carbocycles. The molecule has 0 radical (unpaired) electrons. The van der Waals surface area contributed by atoms with Gasteiger partial charge < -0.3 is 0 Å². The van der Waals surface area contributed by atoms with Crippen LogP contribution in [0.5, 0.6) is 0 Å². The number of hydrogen-bond donors (Lipinski definition) is 0. The predicted molar refractivity (Wildman–Crippen MR) is 44.6 cm³/mol. The van der Waals surface area contributed by atoms with Gasteiger partial charge in [-0.15, -0.1) is 0 Å². The number of halogens is 2. The Hall–Kier alpha value is -0.470. The van der Waals surface area contributed by atoms with Crippen LogP contribution < -0.4 is 0 Å². The largest absolute Gasteiger partial charge is 0.300 e. The average Bonchev–Trinajstić information content (AvgIpc) is 2.39. The molecule has 0 aliphatic heterocycles. The lowest BCUT2D eigenvalue weighted by atomic mass is 9.99. The Morgan fingerprint density at radius 2 is 1.69 bits per heavy atom. The lowest BCUT2D eigenvalue weighted by molar-refractivity contribution is -0.121. The van der Waals surface area contributed by atoms with Crippen LogP contribution >= 0.6 is 0 Å². The van der Waals surface area contributed by atoms with E-state index < -0.39 is 5.92 Å². The molecule has 0 N–H and O–H groups in total. The molecule has 2 aliphatic rings. The molecule has 0 aromatic heterocycles. The van der Waals surface area contributed by atoms with E-state index in [0.717, 1.165) is 0 Å². The van der Waals surface area contributed by atoms with Crippen LogP contribution in [-0.4, -0.2) is 11.7 Å². The van der Waals surface area contributed by atoms with Crippen LogP contribution in [-0.2, 0) is 4.79 Å². The summed E-state index contributed by atoms with van der Waals surface area (Å²) in [7, 11) is 0. The summed E-state index contributed by atoms with van der Waals surface area (Å²) >= 11 is 0. The van der Waals surface area contributed by atoms with Gasteiger partial charge in [0, 0.05) is 18.8 Å². The number of fused-ring (bicyclic) bond motifs is 1. The zero-order chi connectivity index (χ0) is 9.64. The third-order valence-corrected chi connectivity index (χ3v) is 3.54. The Labute approximate surface area is 76.5 Å². The van der Waals surface area contributed by atoms with Crippen molar-refractivity contribution in [1.82, 2.24) is 0 Å². The highest BCUT2D eigenvalue weighted by Crippen LogP contribution is 2.52. The Morgan fingerprint density at radius 3 is 2.08 bits per heavy atom. The molecule has 0 saturated heterocycles. The van der Waals surface area contributed by atoms with Gasteiger partial charge in [-0.3, -0.25) is 4.79 Å². The maximum absolute atomic E-state index is 12.9. The van der Waals surface area contributed by atoms with Crippen molar-refractivity contribution in [3.8, 4) is 0 Å². The molecule has 3 atom stereocenters. The highest BCUT2D eigenvalue weighted by molar-refractivity contribution is 5.78. The first-order valence-electron chi connectivity index (χ1n) is 4.86. The molecule has 3 heteroatoms. The van der Waals surface area contributed by atoms with Gasteiger partial charge in [-0.25, -0.2) is 8.78 Å². The molecule has 1 nitrogen and oxygen atoms in total. The maximum atomic E-state index is 12.9. The normalized spacial score (nSPS) is 41.9. The first-order valence-corrected chi connectivity index (χ1v) is 4.86. The van der Waals surface area contributed by atoms with Crippen molar-refractivity contribution in [1.29, 1.82) is 0 Å². The van der Waals surface area contributed by atoms with Gasteiger partial charge in [-0.05, 0) is 31.6 Å². The summed E-state index contributed by atoms with van der Waals surface area (Å²) in [6.07, 6.45) is 1.44. The lowest BCUT2D eigenvalue weighted by Gasteiger charge is -2.11. The number of ketones is 1. The molecule has 0 bridgehead atoms. The lowest BCUT2D eigenvalue weighted by Crippen LogP contribution is -2.14. The van der Waals surface area contributed by atoms with Crippen molar-refractivity contribution >= 4 is 5.78 Å². The van der Waals surface area contributed by atoms with Crippen molar-refractivity contribution in [2.45, 2.75) is 38.5 Å². The topological polar surface area (TPSA) is 17.1 Å².